The van der Waals surface area contributed by atoms with Gasteiger partial charge in [0.05, 0.1) is 7.11 Å². The van der Waals surface area contributed by atoms with Crippen molar-refractivity contribution in [3.8, 4) is 0 Å². The van der Waals surface area contributed by atoms with Crippen LogP contribution in [0.1, 0.15) is 59.8 Å². The number of ether oxygens (including phenoxy) is 1. The summed E-state index contributed by atoms with van der Waals surface area (Å²) in [6.45, 7) is 13.1. The number of carbonyl (C=O) groups is 1. The largest absolute Gasteiger partial charge is 0.468 e. The minimum absolute atomic E-state index is 0.144. The number of piperidine rings is 1. The Kier molecular flexibility index (Phi) is 7.14. The van der Waals surface area contributed by atoms with Crippen LogP contribution in [0.5, 0.6) is 0 Å². The molecule has 1 unspecified atom stereocenters. The average Bonchev–Trinajstić information content (AvgIpc) is 2.43. The molecule has 0 spiro atoms. The molecular formula is C17H34N2O2. The van der Waals surface area contributed by atoms with Crippen LogP contribution in [0.15, 0.2) is 0 Å². The van der Waals surface area contributed by atoms with Crippen molar-refractivity contribution >= 4 is 5.97 Å². The maximum atomic E-state index is 12.0. The minimum Gasteiger partial charge on any atom is -0.468 e. The zero-order chi connectivity index (χ0) is 15.9. The highest BCUT2D eigenvalue weighted by atomic mass is 16.5. The molecule has 4 nitrogen and oxygen atoms in total. The molecule has 1 heterocycles. The summed E-state index contributed by atoms with van der Waals surface area (Å²) in [5.41, 5.74) is -0.111. The van der Waals surface area contributed by atoms with Gasteiger partial charge in [-0.15, -0.1) is 0 Å². The number of carbonyl (C=O) groups excluding carboxylic acids is 1. The van der Waals surface area contributed by atoms with E-state index in [1.165, 1.54) is 33.0 Å². The van der Waals surface area contributed by atoms with Crippen molar-refractivity contribution in [2.45, 2.75) is 65.3 Å². The number of likely N-dealkylation sites (tertiary alicyclic amines) is 1. The minimum atomic E-state index is -0.546. The second kappa shape index (κ2) is 8.14. The topological polar surface area (TPSA) is 41.6 Å². The predicted molar refractivity (Wildman–Crippen MR) is 87.4 cm³/mol. The Morgan fingerprint density at radius 2 is 2.14 bits per heavy atom. The van der Waals surface area contributed by atoms with Crippen molar-refractivity contribution in [3.63, 3.8) is 0 Å². The van der Waals surface area contributed by atoms with E-state index >= 15 is 0 Å². The van der Waals surface area contributed by atoms with Gasteiger partial charge >= 0.3 is 5.97 Å². The first-order valence-corrected chi connectivity index (χ1v) is 8.39. The summed E-state index contributed by atoms with van der Waals surface area (Å²) < 4.78 is 4.97. The SMILES string of the molecule is CCCNC(C)(CCCN1CCCC(C)(C)C1)C(=O)OC. The second-order valence-electron chi connectivity index (χ2n) is 7.40. The third-order valence-electron chi connectivity index (χ3n) is 4.53. The molecule has 1 N–H and O–H groups in total. The standard InChI is InChI=1S/C17H34N2O2/c1-6-11-18-17(4,15(20)21-5)10-8-13-19-12-7-9-16(2,3)14-19/h18H,6-14H2,1-5H3. The molecule has 1 fully saturated rings. The lowest BCUT2D eigenvalue weighted by molar-refractivity contribution is -0.148. The number of nitrogens with one attached hydrogen (secondary N) is 1. The Labute approximate surface area is 130 Å². The second-order valence-corrected chi connectivity index (χ2v) is 7.40. The molecule has 1 saturated heterocycles. The first-order valence-electron chi connectivity index (χ1n) is 8.39. The van der Waals surface area contributed by atoms with E-state index in [0.717, 1.165) is 32.4 Å². The van der Waals surface area contributed by atoms with E-state index in [-0.39, 0.29) is 5.97 Å². The van der Waals surface area contributed by atoms with E-state index < -0.39 is 5.54 Å². The molecule has 0 saturated carbocycles. The average molecular weight is 298 g/mol. The predicted octanol–water partition coefficient (Wildman–Crippen LogP) is 2.82. The van der Waals surface area contributed by atoms with E-state index in [1.807, 2.05) is 6.92 Å². The monoisotopic (exact) mass is 298 g/mol. The third-order valence-corrected chi connectivity index (χ3v) is 4.53. The highest BCUT2D eigenvalue weighted by molar-refractivity contribution is 5.80. The molecule has 1 aliphatic heterocycles. The molecule has 1 aliphatic rings. The van der Waals surface area contributed by atoms with Gasteiger partial charge in [-0.25, -0.2) is 0 Å². The Bertz CT molecular complexity index is 331. The number of methoxy groups -OCH3 is 1. The Balaban J connectivity index is 2.44. The fourth-order valence-electron chi connectivity index (χ4n) is 3.28. The van der Waals surface area contributed by atoms with Gasteiger partial charge in [0.2, 0.25) is 0 Å². The number of hydrogen-bond acceptors (Lipinski definition) is 4. The van der Waals surface area contributed by atoms with E-state index in [2.05, 4.69) is 31.0 Å². The van der Waals surface area contributed by atoms with Gasteiger partial charge in [-0.2, -0.15) is 0 Å². The molecule has 0 aromatic rings. The van der Waals surface area contributed by atoms with Crippen LogP contribution in [-0.4, -0.2) is 49.7 Å². The number of hydrogen-bond donors (Lipinski definition) is 1. The lowest BCUT2D eigenvalue weighted by Gasteiger charge is -2.38. The molecule has 21 heavy (non-hydrogen) atoms. The smallest absolute Gasteiger partial charge is 0.325 e. The van der Waals surface area contributed by atoms with Gasteiger partial charge in [-0.05, 0) is 64.1 Å². The van der Waals surface area contributed by atoms with Crippen LogP contribution in [-0.2, 0) is 9.53 Å². The van der Waals surface area contributed by atoms with Gasteiger partial charge in [0.15, 0.2) is 0 Å². The van der Waals surface area contributed by atoms with Crippen molar-refractivity contribution in [2.75, 3.05) is 33.3 Å². The highest BCUT2D eigenvalue weighted by Gasteiger charge is 2.33. The van der Waals surface area contributed by atoms with Gasteiger partial charge in [0.1, 0.15) is 5.54 Å². The molecule has 124 valence electrons. The van der Waals surface area contributed by atoms with Crippen LogP contribution >= 0.6 is 0 Å². The van der Waals surface area contributed by atoms with Gasteiger partial charge in [0, 0.05) is 6.54 Å². The van der Waals surface area contributed by atoms with Gasteiger partial charge in [0.25, 0.3) is 0 Å². The van der Waals surface area contributed by atoms with Crippen molar-refractivity contribution in [1.29, 1.82) is 0 Å². The van der Waals surface area contributed by atoms with Crippen LogP contribution in [0.3, 0.4) is 0 Å². The molecule has 0 radical (unpaired) electrons. The van der Waals surface area contributed by atoms with Crippen LogP contribution in [0.25, 0.3) is 0 Å². The Hall–Kier alpha value is -0.610. The van der Waals surface area contributed by atoms with Crippen LogP contribution in [0.4, 0.5) is 0 Å². The number of nitrogens with zero attached hydrogens (tertiary/aromatic N) is 1. The maximum Gasteiger partial charge on any atom is 0.325 e. The molecule has 1 atom stereocenters. The van der Waals surface area contributed by atoms with Crippen molar-refractivity contribution in [3.05, 3.63) is 0 Å². The fraction of sp³-hybridized carbons (Fsp3) is 0.941. The summed E-state index contributed by atoms with van der Waals surface area (Å²) in [6.07, 6.45) is 5.48. The zero-order valence-corrected chi connectivity index (χ0v) is 14.6. The molecule has 1 rings (SSSR count). The van der Waals surface area contributed by atoms with E-state index in [1.54, 1.807) is 0 Å². The van der Waals surface area contributed by atoms with E-state index in [0.29, 0.717) is 5.41 Å². The van der Waals surface area contributed by atoms with E-state index in [4.69, 9.17) is 4.74 Å². The summed E-state index contributed by atoms with van der Waals surface area (Å²) >= 11 is 0. The maximum absolute atomic E-state index is 12.0. The summed E-state index contributed by atoms with van der Waals surface area (Å²) in [5.74, 6) is -0.144. The zero-order valence-electron chi connectivity index (χ0n) is 14.6. The lowest BCUT2D eigenvalue weighted by atomic mass is 9.84. The normalized spacial score (nSPS) is 21.8. The highest BCUT2D eigenvalue weighted by Crippen LogP contribution is 2.28. The van der Waals surface area contributed by atoms with Crippen LogP contribution in [0.2, 0.25) is 0 Å². The number of esters is 1. The number of rotatable bonds is 8. The van der Waals surface area contributed by atoms with Crippen molar-refractivity contribution < 1.29 is 9.53 Å². The summed E-state index contributed by atoms with van der Waals surface area (Å²) in [5, 5.41) is 3.36. The first-order chi connectivity index (χ1) is 9.83. The Morgan fingerprint density at radius 1 is 1.43 bits per heavy atom. The van der Waals surface area contributed by atoms with Crippen LogP contribution < -0.4 is 5.32 Å². The molecule has 0 aliphatic carbocycles. The molecule has 0 bridgehead atoms. The lowest BCUT2D eigenvalue weighted by Crippen LogP contribution is -2.51. The third kappa shape index (κ3) is 5.95. The van der Waals surface area contributed by atoms with Crippen molar-refractivity contribution in [1.82, 2.24) is 10.2 Å². The van der Waals surface area contributed by atoms with Gasteiger partial charge in [-0.1, -0.05) is 20.8 Å². The molecule has 0 amide bonds. The van der Waals surface area contributed by atoms with Gasteiger partial charge < -0.3 is 15.0 Å². The Morgan fingerprint density at radius 3 is 2.71 bits per heavy atom. The molecule has 4 heteroatoms. The van der Waals surface area contributed by atoms with Crippen LogP contribution in [0, 0.1) is 5.41 Å². The summed E-state index contributed by atoms with van der Waals surface area (Å²) in [7, 11) is 1.47. The van der Waals surface area contributed by atoms with Gasteiger partial charge in [-0.3, -0.25) is 4.79 Å². The van der Waals surface area contributed by atoms with E-state index in [9.17, 15) is 4.79 Å². The fourth-order valence-corrected chi connectivity index (χ4v) is 3.28. The first kappa shape index (κ1) is 18.4. The van der Waals surface area contributed by atoms with Crippen molar-refractivity contribution in [2.24, 2.45) is 5.41 Å². The molecular weight excluding hydrogens is 264 g/mol. The summed E-state index contributed by atoms with van der Waals surface area (Å²) in [6, 6.07) is 0. The quantitative estimate of drug-likeness (QED) is 0.700. The summed E-state index contributed by atoms with van der Waals surface area (Å²) in [4.78, 5) is 14.6. The molecule has 0 aromatic carbocycles. The molecule has 0 aromatic heterocycles.